The number of furan rings is 1. The van der Waals surface area contributed by atoms with Gasteiger partial charge in [-0.3, -0.25) is 4.68 Å². The highest BCUT2D eigenvalue weighted by molar-refractivity contribution is 5.89. The lowest BCUT2D eigenvalue weighted by Gasteiger charge is -2.27. The second kappa shape index (κ2) is 8.91. The minimum absolute atomic E-state index is 0.125. The Kier molecular flexibility index (Phi) is 6.29. The molecular formula is C23H26N4O4. The van der Waals surface area contributed by atoms with Gasteiger partial charge >= 0.3 is 12.0 Å². The third-order valence-corrected chi connectivity index (χ3v) is 4.76. The van der Waals surface area contributed by atoms with Crippen molar-refractivity contribution in [2.24, 2.45) is 0 Å². The van der Waals surface area contributed by atoms with Crippen LogP contribution in [0.2, 0.25) is 0 Å². The summed E-state index contributed by atoms with van der Waals surface area (Å²) in [5.41, 5.74) is 2.90. The van der Waals surface area contributed by atoms with Gasteiger partial charge in [0.1, 0.15) is 5.76 Å². The Morgan fingerprint density at radius 3 is 2.74 bits per heavy atom. The Hall–Kier alpha value is -3.81. The van der Waals surface area contributed by atoms with Crippen LogP contribution < -0.4 is 10.6 Å². The number of urea groups is 1. The van der Waals surface area contributed by atoms with Gasteiger partial charge in [-0.25, -0.2) is 9.59 Å². The average Bonchev–Trinajstić information content (AvgIpc) is 3.37. The van der Waals surface area contributed by atoms with Crippen molar-refractivity contribution in [2.75, 3.05) is 12.4 Å². The second-order valence-electron chi connectivity index (χ2n) is 7.75. The summed E-state index contributed by atoms with van der Waals surface area (Å²) in [7, 11) is 1.29. The molecular weight excluding hydrogens is 396 g/mol. The molecule has 0 aliphatic carbocycles. The van der Waals surface area contributed by atoms with Gasteiger partial charge in [0.15, 0.2) is 0 Å². The van der Waals surface area contributed by atoms with E-state index in [2.05, 4.69) is 27.0 Å². The maximum atomic E-state index is 12.6. The van der Waals surface area contributed by atoms with Crippen molar-refractivity contribution in [1.82, 2.24) is 15.1 Å². The Morgan fingerprint density at radius 2 is 2.03 bits per heavy atom. The van der Waals surface area contributed by atoms with Gasteiger partial charge in [-0.2, -0.15) is 5.10 Å². The molecule has 2 aromatic heterocycles. The number of carbonyl (C=O) groups is 2. The predicted octanol–water partition coefficient (Wildman–Crippen LogP) is 4.40. The van der Waals surface area contributed by atoms with E-state index < -0.39 is 11.5 Å². The summed E-state index contributed by atoms with van der Waals surface area (Å²) in [4.78, 5) is 24.0. The number of allylic oxidation sites excluding steroid dienone is 1. The van der Waals surface area contributed by atoms with Crippen LogP contribution in [0.5, 0.6) is 0 Å². The number of methoxy groups -OCH3 is 1. The zero-order valence-electron chi connectivity index (χ0n) is 18.1. The minimum atomic E-state index is -0.593. The van der Waals surface area contributed by atoms with E-state index >= 15 is 0 Å². The summed E-state index contributed by atoms with van der Waals surface area (Å²) >= 11 is 0. The van der Waals surface area contributed by atoms with E-state index in [0.717, 1.165) is 16.7 Å². The number of nitrogens with one attached hydrogen (secondary N) is 2. The van der Waals surface area contributed by atoms with Crippen molar-refractivity contribution in [3.05, 3.63) is 78.0 Å². The smallest absolute Gasteiger partial charge is 0.373 e. The molecule has 162 valence electrons. The fourth-order valence-corrected chi connectivity index (χ4v) is 3.04. The van der Waals surface area contributed by atoms with E-state index in [0.29, 0.717) is 18.0 Å². The number of hydrogen-bond donors (Lipinski definition) is 2. The molecule has 0 saturated carbocycles. The number of rotatable bonds is 7. The fourth-order valence-electron chi connectivity index (χ4n) is 3.04. The SMILES string of the molecule is C=C(C)c1cccc(C(C)(C)NC(=O)Nc2cnn(Cc3ccc(C(=O)OC)o3)c2)c1. The topological polar surface area (TPSA) is 98.4 Å². The summed E-state index contributed by atoms with van der Waals surface area (Å²) in [5, 5.41) is 9.98. The number of carbonyl (C=O) groups excluding carboxylic acids is 2. The number of aromatic nitrogens is 2. The molecule has 8 heteroatoms. The first kappa shape index (κ1) is 21.9. The van der Waals surface area contributed by atoms with Crippen molar-refractivity contribution in [1.29, 1.82) is 0 Å². The Morgan fingerprint density at radius 1 is 1.26 bits per heavy atom. The molecule has 2 heterocycles. The number of benzene rings is 1. The largest absolute Gasteiger partial charge is 0.463 e. The first-order valence-corrected chi connectivity index (χ1v) is 9.73. The van der Waals surface area contributed by atoms with Crippen LogP contribution in [-0.2, 0) is 16.8 Å². The number of anilines is 1. The van der Waals surface area contributed by atoms with E-state index in [1.165, 1.54) is 7.11 Å². The van der Waals surface area contributed by atoms with Gasteiger partial charge in [0, 0.05) is 6.20 Å². The summed E-state index contributed by atoms with van der Waals surface area (Å²) < 4.78 is 11.6. The van der Waals surface area contributed by atoms with Gasteiger partial charge in [-0.1, -0.05) is 30.4 Å². The standard InChI is InChI=1S/C23H26N4O4/c1-15(2)16-7-6-8-17(11-16)23(3,4)26-22(29)25-18-12-24-27(13-18)14-19-9-10-20(31-19)21(28)30-5/h6-13H,1,14H2,2-5H3,(H2,25,26,29). The summed E-state index contributed by atoms with van der Waals surface area (Å²) in [6.07, 6.45) is 3.22. The van der Waals surface area contributed by atoms with Crippen LogP contribution in [0.3, 0.4) is 0 Å². The van der Waals surface area contributed by atoms with Crippen molar-refractivity contribution < 1.29 is 18.7 Å². The van der Waals surface area contributed by atoms with Crippen LogP contribution in [-0.4, -0.2) is 28.9 Å². The molecule has 0 atom stereocenters. The minimum Gasteiger partial charge on any atom is -0.463 e. The molecule has 0 aliphatic heterocycles. The lowest BCUT2D eigenvalue weighted by atomic mass is 9.92. The number of amides is 2. The normalized spacial score (nSPS) is 11.1. The van der Waals surface area contributed by atoms with Crippen LogP contribution in [0.1, 0.15) is 48.2 Å². The van der Waals surface area contributed by atoms with E-state index in [1.807, 2.05) is 45.0 Å². The summed E-state index contributed by atoms with van der Waals surface area (Å²) in [6.45, 7) is 10.1. The molecule has 0 radical (unpaired) electrons. The number of esters is 1. The van der Waals surface area contributed by atoms with Gasteiger partial charge in [0.25, 0.3) is 0 Å². The Labute approximate surface area is 180 Å². The molecule has 2 N–H and O–H groups in total. The van der Waals surface area contributed by atoms with E-state index in [-0.39, 0.29) is 11.8 Å². The van der Waals surface area contributed by atoms with Crippen molar-refractivity contribution in [2.45, 2.75) is 32.9 Å². The fraction of sp³-hybridized carbons (Fsp3) is 0.261. The third-order valence-electron chi connectivity index (χ3n) is 4.76. The molecule has 0 aliphatic rings. The average molecular weight is 422 g/mol. The molecule has 1 aromatic carbocycles. The molecule has 0 spiro atoms. The van der Waals surface area contributed by atoms with Crippen LogP contribution >= 0.6 is 0 Å². The van der Waals surface area contributed by atoms with Gasteiger partial charge in [0.2, 0.25) is 5.76 Å². The maximum Gasteiger partial charge on any atom is 0.373 e. The van der Waals surface area contributed by atoms with Gasteiger partial charge in [-0.15, -0.1) is 0 Å². The van der Waals surface area contributed by atoms with Crippen molar-refractivity contribution in [3.63, 3.8) is 0 Å². The summed E-state index contributed by atoms with van der Waals surface area (Å²) in [5.74, 6) is 0.125. The lowest BCUT2D eigenvalue weighted by molar-refractivity contribution is 0.0562. The van der Waals surface area contributed by atoms with Crippen LogP contribution in [0.25, 0.3) is 5.57 Å². The van der Waals surface area contributed by atoms with Crippen LogP contribution in [0.15, 0.2) is 59.8 Å². The van der Waals surface area contributed by atoms with E-state index in [1.54, 1.807) is 29.2 Å². The zero-order valence-corrected chi connectivity index (χ0v) is 18.1. The van der Waals surface area contributed by atoms with Crippen molar-refractivity contribution in [3.8, 4) is 0 Å². The predicted molar refractivity (Wildman–Crippen MR) is 118 cm³/mol. The quantitative estimate of drug-likeness (QED) is 0.550. The van der Waals surface area contributed by atoms with Gasteiger partial charge in [0.05, 0.1) is 31.1 Å². The van der Waals surface area contributed by atoms with E-state index in [4.69, 9.17) is 4.42 Å². The van der Waals surface area contributed by atoms with Crippen molar-refractivity contribution >= 4 is 23.3 Å². The number of hydrogen-bond acceptors (Lipinski definition) is 5. The number of nitrogens with zero attached hydrogens (tertiary/aromatic N) is 2. The van der Waals surface area contributed by atoms with E-state index in [9.17, 15) is 9.59 Å². The Balaban J connectivity index is 1.61. The van der Waals surface area contributed by atoms with Crippen LogP contribution in [0.4, 0.5) is 10.5 Å². The highest BCUT2D eigenvalue weighted by Crippen LogP contribution is 2.23. The summed E-state index contributed by atoms with van der Waals surface area (Å²) in [6, 6.07) is 10.8. The molecule has 0 saturated heterocycles. The second-order valence-corrected chi connectivity index (χ2v) is 7.75. The van der Waals surface area contributed by atoms with Gasteiger partial charge in [-0.05, 0) is 50.1 Å². The highest BCUT2D eigenvalue weighted by atomic mass is 16.5. The third kappa shape index (κ3) is 5.42. The Bertz CT molecular complexity index is 1110. The molecule has 0 bridgehead atoms. The molecule has 31 heavy (non-hydrogen) atoms. The molecule has 0 fully saturated rings. The monoisotopic (exact) mass is 422 g/mol. The molecule has 3 rings (SSSR count). The highest BCUT2D eigenvalue weighted by Gasteiger charge is 2.23. The molecule has 2 amide bonds. The molecule has 8 nitrogen and oxygen atoms in total. The molecule has 3 aromatic rings. The first-order chi connectivity index (χ1) is 14.7. The lowest BCUT2D eigenvalue weighted by Crippen LogP contribution is -2.43. The maximum absolute atomic E-state index is 12.6. The zero-order chi connectivity index (χ0) is 22.6. The van der Waals surface area contributed by atoms with Gasteiger partial charge < -0.3 is 19.8 Å². The first-order valence-electron chi connectivity index (χ1n) is 9.73. The molecule has 0 unspecified atom stereocenters. The van der Waals surface area contributed by atoms with Crippen LogP contribution in [0, 0.1) is 0 Å². The number of ether oxygens (including phenoxy) is 1.